The summed E-state index contributed by atoms with van der Waals surface area (Å²) in [4.78, 5) is 0. The molecule has 0 spiro atoms. The van der Waals surface area contributed by atoms with Crippen molar-refractivity contribution in [3.63, 3.8) is 0 Å². The summed E-state index contributed by atoms with van der Waals surface area (Å²) in [6, 6.07) is 13.7. The van der Waals surface area contributed by atoms with Crippen molar-refractivity contribution >= 4 is 35.6 Å². The molecule has 138 valence electrons. The summed E-state index contributed by atoms with van der Waals surface area (Å²) in [5, 5.41) is 14.4. The summed E-state index contributed by atoms with van der Waals surface area (Å²) in [7, 11) is 0. The number of hydrogen-bond donors (Lipinski definition) is 2. The van der Waals surface area contributed by atoms with Crippen molar-refractivity contribution < 1.29 is 9.84 Å². The first-order valence-electron chi connectivity index (χ1n) is 8.07. The van der Waals surface area contributed by atoms with Gasteiger partial charge in [-0.2, -0.15) is 0 Å². The molecule has 0 amide bonds. The molecule has 2 N–H and O–H groups in total. The minimum atomic E-state index is -0.630. The van der Waals surface area contributed by atoms with Crippen LogP contribution in [0.5, 0.6) is 5.75 Å². The maximum atomic E-state index is 10.1. The minimum absolute atomic E-state index is 0. The molecule has 3 nitrogen and oxygen atoms in total. The zero-order valence-corrected chi connectivity index (χ0v) is 16.7. The van der Waals surface area contributed by atoms with Gasteiger partial charge in [0, 0.05) is 17.6 Å². The fourth-order valence-corrected chi connectivity index (χ4v) is 2.77. The van der Waals surface area contributed by atoms with Crippen LogP contribution in [0.4, 0.5) is 0 Å². The highest BCUT2D eigenvalue weighted by Gasteiger charge is 2.11. The molecule has 0 fully saturated rings. The first-order chi connectivity index (χ1) is 11.5. The summed E-state index contributed by atoms with van der Waals surface area (Å²) in [6.07, 6.45) is 0.403. The number of benzene rings is 2. The molecule has 0 aliphatic carbocycles. The van der Waals surface area contributed by atoms with E-state index in [4.69, 9.17) is 27.9 Å². The second kappa shape index (κ2) is 10.9. The molecule has 25 heavy (non-hydrogen) atoms. The van der Waals surface area contributed by atoms with E-state index in [9.17, 15) is 5.11 Å². The highest BCUT2D eigenvalue weighted by molar-refractivity contribution is 6.35. The summed E-state index contributed by atoms with van der Waals surface area (Å²) in [5.41, 5.74) is 2.51. The van der Waals surface area contributed by atoms with Gasteiger partial charge in [0.25, 0.3) is 0 Å². The number of aryl methyl sites for hydroxylation is 1. The normalized spacial score (nSPS) is 13.0. The summed E-state index contributed by atoms with van der Waals surface area (Å²) < 4.78 is 5.54. The Balaban J connectivity index is 0.00000312. The largest absolute Gasteiger partial charge is 0.489 e. The van der Waals surface area contributed by atoms with Crippen molar-refractivity contribution in [1.82, 2.24) is 5.32 Å². The molecule has 2 unspecified atom stereocenters. The third kappa shape index (κ3) is 7.04. The van der Waals surface area contributed by atoms with Gasteiger partial charge in [-0.3, -0.25) is 0 Å². The van der Waals surface area contributed by atoms with Crippen LogP contribution in [0.15, 0.2) is 42.5 Å². The number of ether oxygens (including phenoxy) is 1. The fraction of sp³-hybridized carbons (Fsp3) is 0.368. The summed E-state index contributed by atoms with van der Waals surface area (Å²) in [5.74, 6) is 0.517. The molecule has 2 rings (SSSR count). The summed E-state index contributed by atoms with van der Waals surface area (Å²) in [6.45, 7) is 4.81. The van der Waals surface area contributed by atoms with Gasteiger partial charge in [-0.1, -0.05) is 54.4 Å². The van der Waals surface area contributed by atoms with E-state index in [-0.39, 0.29) is 25.1 Å². The van der Waals surface area contributed by atoms with Gasteiger partial charge in [0.05, 0.1) is 5.02 Å². The average molecular weight is 405 g/mol. The first-order valence-corrected chi connectivity index (χ1v) is 8.83. The van der Waals surface area contributed by atoms with Gasteiger partial charge < -0.3 is 15.2 Å². The van der Waals surface area contributed by atoms with Crippen LogP contribution in [0, 0.1) is 0 Å². The molecule has 0 aliphatic heterocycles. The average Bonchev–Trinajstić information content (AvgIpc) is 2.59. The van der Waals surface area contributed by atoms with E-state index in [2.05, 4.69) is 43.4 Å². The fourth-order valence-electron chi connectivity index (χ4n) is 2.31. The number of aliphatic hydroxyl groups is 1. The van der Waals surface area contributed by atoms with Crippen LogP contribution in [-0.2, 0) is 6.42 Å². The first kappa shape index (κ1) is 22.1. The number of nitrogens with one attached hydrogen (secondary N) is 1. The van der Waals surface area contributed by atoms with Crippen LogP contribution in [-0.4, -0.2) is 24.4 Å². The van der Waals surface area contributed by atoms with Crippen LogP contribution in [0.2, 0.25) is 10.0 Å². The molecule has 2 aromatic carbocycles. The van der Waals surface area contributed by atoms with E-state index in [0.29, 0.717) is 22.3 Å². The van der Waals surface area contributed by atoms with Crippen molar-refractivity contribution in [2.24, 2.45) is 0 Å². The van der Waals surface area contributed by atoms with E-state index in [1.54, 1.807) is 18.2 Å². The molecule has 0 radical (unpaired) electrons. The second-order valence-electron chi connectivity index (χ2n) is 5.76. The maximum absolute atomic E-state index is 10.1. The van der Waals surface area contributed by atoms with E-state index in [1.165, 1.54) is 11.1 Å². The molecule has 0 aromatic heterocycles. The Morgan fingerprint density at radius 3 is 2.40 bits per heavy atom. The van der Waals surface area contributed by atoms with Gasteiger partial charge >= 0.3 is 0 Å². The van der Waals surface area contributed by atoms with E-state index in [1.807, 2.05) is 0 Å². The third-order valence-electron chi connectivity index (χ3n) is 3.87. The van der Waals surface area contributed by atoms with Gasteiger partial charge in [-0.25, -0.2) is 0 Å². The molecule has 0 saturated carbocycles. The highest BCUT2D eigenvalue weighted by atomic mass is 35.5. The van der Waals surface area contributed by atoms with Crippen molar-refractivity contribution in [3.05, 3.63) is 63.6 Å². The van der Waals surface area contributed by atoms with Gasteiger partial charge in [0.1, 0.15) is 18.5 Å². The van der Waals surface area contributed by atoms with E-state index in [0.717, 1.165) is 6.42 Å². The molecular formula is C19H24Cl3NO2. The molecular weight excluding hydrogens is 381 g/mol. The van der Waals surface area contributed by atoms with Crippen molar-refractivity contribution in [2.75, 3.05) is 13.2 Å². The Morgan fingerprint density at radius 2 is 1.80 bits per heavy atom. The van der Waals surface area contributed by atoms with Crippen molar-refractivity contribution in [3.8, 4) is 5.75 Å². The van der Waals surface area contributed by atoms with Crippen LogP contribution in [0.1, 0.15) is 31.0 Å². The van der Waals surface area contributed by atoms with Crippen LogP contribution in [0.25, 0.3) is 0 Å². The minimum Gasteiger partial charge on any atom is -0.489 e. The Hall–Kier alpha value is -0.970. The molecule has 0 heterocycles. The van der Waals surface area contributed by atoms with Crippen LogP contribution < -0.4 is 10.1 Å². The van der Waals surface area contributed by atoms with Crippen molar-refractivity contribution in [2.45, 2.75) is 32.4 Å². The molecule has 2 atom stereocenters. The van der Waals surface area contributed by atoms with Gasteiger partial charge in [-0.15, -0.1) is 12.4 Å². The SMILES string of the molecule is CCc1ccc(C(C)NCC(O)COc2ccc(Cl)cc2Cl)cc1.Cl. The van der Waals surface area contributed by atoms with Gasteiger partial charge in [-0.05, 0) is 42.7 Å². The van der Waals surface area contributed by atoms with E-state index >= 15 is 0 Å². The van der Waals surface area contributed by atoms with E-state index < -0.39 is 6.10 Å². The zero-order valence-electron chi connectivity index (χ0n) is 14.3. The Morgan fingerprint density at radius 1 is 1.12 bits per heavy atom. The lowest BCUT2D eigenvalue weighted by atomic mass is 10.0. The number of hydrogen-bond acceptors (Lipinski definition) is 3. The number of aliphatic hydroxyl groups excluding tert-OH is 1. The standard InChI is InChI=1S/C19H23Cl2NO2.ClH/c1-3-14-4-6-15(7-5-14)13(2)22-11-17(23)12-24-19-9-8-16(20)10-18(19)21;/h4-10,13,17,22-23H,3,11-12H2,1-2H3;1H. The topological polar surface area (TPSA) is 41.5 Å². The Kier molecular flexibility index (Phi) is 9.62. The monoisotopic (exact) mass is 403 g/mol. The number of rotatable bonds is 8. The van der Waals surface area contributed by atoms with Crippen LogP contribution in [0.3, 0.4) is 0 Å². The predicted octanol–water partition coefficient (Wildman–Crippen LogP) is 5.07. The second-order valence-corrected chi connectivity index (χ2v) is 6.61. The molecule has 6 heteroatoms. The third-order valence-corrected chi connectivity index (χ3v) is 4.40. The van der Waals surface area contributed by atoms with Gasteiger partial charge in [0.2, 0.25) is 0 Å². The lowest BCUT2D eigenvalue weighted by Crippen LogP contribution is -2.33. The molecule has 0 bridgehead atoms. The number of halogens is 3. The highest BCUT2D eigenvalue weighted by Crippen LogP contribution is 2.27. The lowest BCUT2D eigenvalue weighted by Gasteiger charge is -2.18. The van der Waals surface area contributed by atoms with Crippen molar-refractivity contribution in [1.29, 1.82) is 0 Å². The predicted molar refractivity (Wildman–Crippen MR) is 107 cm³/mol. The van der Waals surface area contributed by atoms with Gasteiger partial charge in [0.15, 0.2) is 0 Å². The Bertz CT molecular complexity index is 650. The van der Waals surface area contributed by atoms with Crippen LogP contribution >= 0.6 is 35.6 Å². The smallest absolute Gasteiger partial charge is 0.138 e. The lowest BCUT2D eigenvalue weighted by molar-refractivity contribution is 0.104. The zero-order chi connectivity index (χ0) is 17.5. The quantitative estimate of drug-likeness (QED) is 0.645. The molecule has 0 saturated heterocycles. The molecule has 2 aromatic rings. The Labute approximate surface area is 165 Å². The maximum Gasteiger partial charge on any atom is 0.138 e. The summed E-state index contributed by atoms with van der Waals surface area (Å²) >= 11 is 11.9. The molecule has 0 aliphatic rings.